The molecule has 114 valence electrons. The molecule has 1 aromatic rings. The molecule has 5 nitrogen and oxygen atoms in total. The Morgan fingerprint density at radius 2 is 2.05 bits per heavy atom. The van der Waals surface area contributed by atoms with Crippen LogP contribution >= 0.6 is 15.9 Å². The zero-order valence-electron chi connectivity index (χ0n) is 12.0. The van der Waals surface area contributed by atoms with E-state index in [-0.39, 0.29) is 11.8 Å². The summed E-state index contributed by atoms with van der Waals surface area (Å²) in [5.74, 6) is 0.746. The monoisotopic (exact) mass is 354 g/mol. The van der Waals surface area contributed by atoms with E-state index in [2.05, 4.69) is 15.9 Å². The zero-order valence-corrected chi connectivity index (χ0v) is 13.6. The molecule has 0 spiro atoms. The summed E-state index contributed by atoms with van der Waals surface area (Å²) in [5.41, 5.74) is 5.85. The quantitative estimate of drug-likeness (QED) is 0.900. The average Bonchev–Trinajstić information content (AvgIpc) is 2.46. The van der Waals surface area contributed by atoms with Gasteiger partial charge in [-0.2, -0.15) is 0 Å². The molecule has 1 aliphatic heterocycles. The Morgan fingerprint density at radius 3 is 2.57 bits per heavy atom. The molecular formula is C15H19BrN2O3. The van der Waals surface area contributed by atoms with E-state index in [0.717, 1.165) is 17.3 Å². The molecule has 0 bridgehead atoms. The maximum Gasteiger partial charge on any atom is 0.253 e. The fourth-order valence-corrected chi connectivity index (χ4v) is 3.15. The zero-order chi connectivity index (χ0) is 15.4. The minimum absolute atomic E-state index is 0.0101. The van der Waals surface area contributed by atoms with Gasteiger partial charge in [0.2, 0.25) is 5.91 Å². The van der Waals surface area contributed by atoms with Crippen molar-refractivity contribution in [2.75, 3.05) is 20.2 Å². The number of ether oxygens (including phenoxy) is 1. The fourth-order valence-electron chi connectivity index (χ4n) is 2.61. The third-order valence-corrected chi connectivity index (χ3v) is 4.41. The van der Waals surface area contributed by atoms with E-state index in [1.165, 1.54) is 0 Å². The highest BCUT2D eigenvalue weighted by Gasteiger charge is 2.24. The first-order valence-electron chi connectivity index (χ1n) is 6.92. The highest BCUT2D eigenvalue weighted by Crippen LogP contribution is 2.27. The van der Waals surface area contributed by atoms with E-state index in [0.29, 0.717) is 36.7 Å². The molecule has 0 atom stereocenters. The fraction of sp³-hybridized carbons (Fsp3) is 0.467. The highest BCUT2D eigenvalue weighted by atomic mass is 79.9. The van der Waals surface area contributed by atoms with E-state index in [1.807, 2.05) is 4.90 Å². The molecule has 1 aromatic carbocycles. The molecule has 0 aromatic heterocycles. The Labute approximate surface area is 132 Å². The third-order valence-electron chi connectivity index (χ3n) is 3.79. The molecule has 1 heterocycles. The number of nitrogens with two attached hydrogens (primary N) is 1. The largest absolute Gasteiger partial charge is 0.496 e. The minimum atomic E-state index is -0.265. The van der Waals surface area contributed by atoms with Gasteiger partial charge in [-0.25, -0.2) is 0 Å². The van der Waals surface area contributed by atoms with Crippen LogP contribution in [0.5, 0.6) is 5.75 Å². The molecule has 0 saturated carbocycles. The Hall–Kier alpha value is -1.56. The smallest absolute Gasteiger partial charge is 0.253 e. The van der Waals surface area contributed by atoms with E-state index >= 15 is 0 Å². The molecule has 2 rings (SSSR count). The summed E-state index contributed by atoms with van der Waals surface area (Å²) in [6, 6.07) is 5.31. The second kappa shape index (κ2) is 6.93. The Kier molecular flexibility index (Phi) is 5.22. The first-order chi connectivity index (χ1) is 10.0. The number of methoxy groups -OCH3 is 1. The van der Waals surface area contributed by atoms with E-state index in [9.17, 15) is 9.59 Å². The van der Waals surface area contributed by atoms with Gasteiger partial charge < -0.3 is 15.4 Å². The maximum absolute atomic E-state index is 12.5. The van der Waals surface area contributed by atoms with Gasteiger partial charge in [0.05, 0.1) is 11.6 Å². The molecule has 0 aliphatic carbocycles. The summed E-state index contributed by atoms with van der Waals surface area (Å²) >= 11 is 3.39. The van der Waals surface area contributed by atoms with E-state index < -0.39 is 0 Å². The molecule has 6 heteroatoms. The van der Waals surface area contributed by atoms with Crippen molar-refractivity contribution in [3.63, 3.8) is 0 Å². The highest BCUT2D eigenvalue weighted by molar-refractivity contribution is 9.10. The number of hydrogen-bond acceptors (Lipinski definition) is 3. The van der Waals surface area contributed by atoms with Crippen molar-refractivity contribution < 1.29 is 14.3 Å². The number of piperidine rings is 1. The van der Waals surface area contributed by atoms with Gasteiger partial charge in [0.1, 0.15) is 5.75 Å². The SMILES string of the molecule is COc1ccc(C(=O)N2CCC(CC(N)=O)CC2)cc1Br. The second-order valence-corrected chi connectivity index (χ2v) is 6.11. The first kappa shape index (κ1) is 15.8. The van der Waals surface area contributed by atoms with Gasteiger partial charge in [-0.05, 0) is 52.9 Å². The summed E-state index contributed by atoms with van der Waals surface area (Å²) in [6.45, 7) is 1.33. The van der Waals surface area contributed by atoms with Crippen LogP contribution in [0.3, 0.4) is 0 Å². The Bertz CT molecular complexity index is 540. The normalized spacial score (nSPS) is 15.8. The van der Waals surface area contributed by atoms with Crippen molar-refractivity contribution in [3.05, 3.63) is 28.2 Å². The molecule has 0 radical (unpaired) electrons. The number of primary amides is 1. The first-order valence-corrected chi connectivity index (χ1v) is 7.71. The van der Waals surface area contributed by atoms with Crippen LogP contribution in [0.15, 0.2) is 22.7 Å². The third kappa shape index (κ3) is 3.97. The van der Waals surface area contributed by atoms with Crippen molar-refractivity contribution in [1.29, 1.82) is 0 Å². The van der Waals surface area contributed by atoms with Crippen LogP contribution in [-0.2, 0) is 4.79 Å². The lowest BCUT2D eigenvalue weighted by Gasteiger charge is -2.31. The molecule has 0 unspecified atom stereocenters. The van der Waals surface area contributed by atoms with Crippen molar-refractivity contribution in [2.24, 2.45) is 11.7 Å². The van der Waals surface area contributed by atoms with Crippen molar-refractivity contribution in [1.82, 2.24) is 4.90 Å². The average molecular weight is 355 g/mol. The number of carbonyl (C=O) groups is 2. The lowest BCUT2D eigenvalue weighted by atomic mass is 9.93. The van der Waals surface area contributed by atoms with Gasteiger partial charge in [-0.1, -0.05) is 0 Å². The summed E-state index contributed by atoms with van der Waals surface area (Å²) in [6.07, 6.45) is 2.06. The molecule has 21 heavy (non-hydrogen) atoms. The number of benzene rings is 1. The van der Waals surface area contributed by atoms with Crippen molar-refractivity contribution in [2.45, 2.75) is 19.3 Å². The van der Waals surface area contributed by atoms with Gasteiger partial charge in [-0.15, -0.1) is 0 Å². The van der Waals surface area contributed by atoms with Crippen LogP contribution in [-0.4, -0.2) is 36.9 Å². The van der Waals surface area contributed by atoms with Crippen molar-refractivity contribution >= 4 is 27.7 Å². The van der Waals surface area contributed by atoms with Gasteiger partial charge in [0.25, 0.3) is 5.91 Å². The van der Waals surface area contributed by atoms with Gasteiger partial charge in [-0.3, -0.25) is 9.59 Å². The summed E-state index contributed by atoms with van der Waals surface area (Å²) in [5, 5.41) is 0. The molecule has 2 amide bonds. The lowest BCUT2D eigenvalue weighted by Crippen LogP contribution is -2.39. The summed E-state index contributed by atoms with van der Waals surface area (Å²) in [7, 11) is 1.59. The summed E-state index contributed by atoms with van der Waals surface area (Å²) < 4.78 is 5.92. The number of carbonyl (C=O) groups excluding carboxylic acids is 2. The van der Waals surface area contributed by atoms with Gasteiger partial charge >= 0.3 is 0 Å². The molecule has 1 saturated heterocycles. The molecule has 2 N–H and O–H groups in total. The second-order valence-electron chi connectivity index (χ2n) is 5.26. The van der Waals surface area contributed by atoms with Gasteiger partial charge in [0, 0.05) is 25.1 Å². The topological polar surface area (TPSA) is 72.6 Å². The number of amides is 2. The number of rotatable bonds is 4. The van der Waals surface area contributed by atoms with E-state index in [1.54, 1.807) is 25.3 Å². The Morgan fingerprint density at radius 1 is 1.38 bits per heavy atom. The Balaban J connectivity index is 1.98. The lowest BCUT2D eigenvalue weighted by molar-refractivity contribution is -0.119. The minimum Gasteiger partial charge on any atom is -0.496 e. The number of halogens is 1. The van der Waals surface area contributed by atoms with Gasteiger partial charge in [0.15, 0.2) is 0 Å². The standard InChI is InChI=1S/C15H19BrN2O3/c1-21-13-3-2-11(9-12(13)16)15(20)18-6-4-10(5-7-18)8-14(17)19/h2-3,9-10H,4-8H2,1H3,(H2,17,19). The van der Waals surface area contributed by atoms with Crippen LogP contribution < -0.4 is 10.5 Å². The number of nitrogens with zero attached hydrogens (tertiary/aromatic N) is 1. The van der Waals surface area contributed by atoms with Crippen LogP contribution in [0.2, 0.25) is 0 Å². The summed E-state index contributed by atoms with van der Waals surface area (Å²) in [4.78, 5) is 25.2. The molecular weight excluding hydrogens is 336 g/mol. The van der Waals surface area contributed by atoms with Crippen molar-refractivity contribution in [3.8, 4) is 5.75 Å². The predicted octanol–water partition coefficient (Wildman–Crippen LogP) is 2.19. The maximum atomic E-state index is 12.5. The van der Waals surface area contributed by atoms with Crippen LogP contribution in [0.25, 0.3) is 0 Å². The predicted molar refractivity (Wildman–Crippen MR) is 83.1 cm³/mol. The van der Waals surface area contributed by atoms with Crippen LogP contribution in [0, 0.1) is 5.92 Å². The number of hydrogen-bond donors (Lipinski definition) is 1. The molecule has 1 fully saturated rings. The van der Waals surface area contributed by atoms with Crippen LogP contribution in [0.4, 0.5) is 0 Å². The number of likely N-dealkylation sites (tertiary alicyclic amines) is 1. The van der Waals surface area contributed by atoms with E-state index in [4.69, 9.17) is 10.5 Å². The molecule has 1 aliphatic rings. The van der Waals surface area contributed by atoms with Crippen LogP contribution in [0.1, 0.15) is 29.6 Å².